The van der Waals surface area contributed by atoms with Crippen molar-refractivity contribution in [2.24, 2.45) is 5.92 Å². The topological polar surface area (TPSA) is 55.4 Å². The Morgan fingerprint density at radius 2 is 1.75 bits per heavy atom. The number of fused-ring (bicyclic) bond motifs is 4. The number of Topliss-reactive ketones (excluding diaryl/α,β-unsaturated/α-hetero) is 1. The van der Waals surface area contributed by atoms with E-state index in [1.807, 2.05) is 60.0 Å². The highest BCUT2D eigenvalue weighted by Crippen LogP contribution is 2.38. The summed E-state index contributed by atoms with van der Waals surface area (Å²) in [5, 5.41) is 8.54. The Morgan fingerprint density at radius 3 is 2.53 bits per heavy atom. The number of hydrogen-bond donors (Lipinski definition) is 1. The van der Waals surface area contributed by atoms with E-state index in [4.69, 9.17) is 4.74 Å². The predicted molar refractivity (Wildman–Crippen MR) is 146 cm³/mol. The molecule has 36 heavy (non-hydrogen) atoms. The van der Waals surface area contributed by atoms with Gasteiger partial charge in [0.05, 0.1) is 18.0 Å². The minimum Gasteiger partial charge on any atom is -0.454 e. The molecule has 5 nitrogen and oxygen atoms in total. The number of rotatable bonds is 8. The maximum Gasteiger partial charge on any atom is 0.333 e. The van der Waals surface area contributed by atoms with Crippen molar-refractivity contribution in [2.45, 2.75) is 25.0 Å². The lowest BCUT2D eigenvalue weighted by Crippen LogP contribution is -2.65. The van der Waals surface area contributed by atoms with E-state index in [0.29, 0.717) is 12.5 Å². The van der Waals surface area contributed by atoms with E-state index < -0.39 is 6.04 Å². The van der Waals surface area contributed by atoms with Crippen LogP contribution < -0.4 is 5.32 Å². The highest BCUT2D eigenvalue weighted by atomic mass is 32.1. The lowest BCUT2D eigenvalue weighted by molar-refractivity contribution is -0.938. The molecule has 184 valence electrons. The molecule has 2 aromatic heterocycles. The van der Waals surface area contributed by atoms with Crippen LogP contribution >= 0.6 is 22.7 Å². The zero-order chi connectivity index (χ0) is 24.5. The van der Waals surface area contributed by atoms with Gasteiger partial charge in [-0.15, -0.1) is 22.7 Å². The molecule has 3 fully saturated rings. The number of quaternary nitrogens is 1. The molecule has 3 saturated heterocycles. The first kappa shape index (κ1) is 23.4. The van der Waals surface area contributed by atoms with Gasteiger partial charge in [-0.3, -0.25) is 4.79 Å². The highest BCUT2D eigenvalue weighted by molar-refractivity contribution is 7.17. The molecule has 0 radical (unpaired) electrons. The molecule has 5 heterocycles. The number of anilines is 1. The summed E-state index contributed by atoms with van der Waals surface area (Å²) in [5.41, 5.74) is 1.83. The van der Waals surface area contributed by atoms with Gasteiger partial charge in [0.1, 0.15) is 13.1 Å². The number of thiophene rings is 2. The van der Waals surface area contributed by atoms with Crippen LogP contribution in [0.25, 0.3) is 10.1 Å². The second-order valence-electron chi connectivity index (χ2n) is 9.97. The highest BCUT2D eigenvalue weighted by Gasteiger charge is 2.49. The van der Waals surface area contributed by atoms with Crippen LogP contribution in [-0.4, -0.2) is 48.5 Å². The van der Waals surface area contributed by atoms with Gasteiger partial charge in [0.15, 0.2) is 12.1 Å². The van der Waals surface area contributed by atoms with Crippen molar-refractivity contribution in [2.75, 3.05) is 31.5 Å². The normalized spacial score (nSPS) is 23.9. The van der Waals surface area contributed by atoms with Crippen molar-refractivity contribution in [3.05, 3.63) is 87.9 Å². The minimum atomic E-state index is -0.597. The predicted octanol–water partition coefficient (Wildman–Crippen LogP) is 6.15. The van der Waals surface area contributed by atoms with Crippen molar-refractivity contribution in [3.8, 4) is 0 Å². The van der Waals surface area contributed by atoms with Gasteiger partial charge in [-0.05, 0) is 40.4 Å². The number of ether oxygens (including phenoxy) is 1. The van der Waals surface area contributed by atoms with Gasteiger partial charge in [0, 0.05) is 34.7 Å². The van der Waals surface area contributed by atoms with Crippen LogP contribution in [0.1, 0.15) is 34.1 Å². The van der Waals surface area contributed by atoms with E-state index in [1.165, 1.54) is 11.3 Å². The molecule has 1 N–H and O–H groups in total. The summed E-state index contributed by atoms with van der Waals surface area (Å²) in [6.07, 6.45) is 1.82. The van der Waals surface area contributed by atoms with Gasteiger partial charge in [-0.2, -0.15) is 0 Å². The SMILES string of the molecule is O=C(C[N+]12CCC(CC1)C(OC(=O)C(Nc1ccccc1)c1csc3ccccc13)C2)c1cccs1. The van der Waals surface area contributed by atoms with Crippen molar-refractivity contribution in [1.82, 2.24) is 0 Å². The molecular weight excluding hydrogens is 488 g/mol. The quantitative estimate of drug-likeness (QED) is 0.173. The number of piperidine rings is 3. The number of carbonyl (C=O) groups excluding carboxylic acids is 2. The fourth-order valence-corrected chi connectivity index (χ4v) is 7.44. The Bertz CT molecular complexity index is 1360. The van der Waals surface area contributed by atoms with Crippen LogP contribution in [0.15, 0.2) is 77.5 Å². The summed E-state index contributed by atoms with van der Waals surface area (Å²) in [4.78, 5) is 27.6. The Balaban J connectivity index is 1.24. The average Bonchev–Trinajstić information content (AvgIpc) is 3.59. The Hall–Kier alpha value is -3.00. The molecule has 2 bridgehead atoms. The summed E-state index contributed by atoms with van der Waals surface area (Å²) >= 11 is 3.15. The number of ketones is 1. The molecule has 7 heteroatoms. The van der Waals surface area contributed by atoms with Gasteiger partial charge in [0.25, 0.3) is 0 Å². The van der Waals surface area contributed by atoms with E-state index in [0.717, 1.165) is 63.2 Å². The van der Waals surface area contributed by atoms with Crippen LogP contribution in [0.5, 0.6) is 0 Å². The summed E-state index contributed by atoms with van der Waals surface area (Å²) in [5.74, 6) is 0.315. The number of nitrogens with one attached hydrogen (secondary N) is 1. The molecule has 3 aliphatic rings. The maximum atomic E-state index is 13.8. The van der Waals surface area contributed by atoms with E-state index in [-0.39, 0.29) is 17.9 Å². The molecule has 2 aromatic carbocycles. The van der Waals surface area contributed by atoms with Gasteiger partial charge in [-0.25, -0.2) is 4.79 Å². The number of carbonyl (C=O) groups is 2. The summed E-state index contributed by atoms with van der Waals surface area (Å²) < 4.78 is 8.19. The molecule has 0 spiro atoms. The van der Waals surface area contributed by atoms with Crippen molar-refractivity contribution in [3.63, 3.8) is 0 Å². The molecular formula is C29H29N2O3S2+. The molecule has 0 saturated carbocycles. The smallest absolute Gasteiger partial charge is 0.333 e. The first-order chi connectivity index (χ1) is 17.6. The minimum absolute atomic E-state index is 0.166. The summed E-state index contributed by atoms with van der Waals surface area (Å²) in [6.45, 7) is 3.17. The number of benzene rings is 2. The van der Waals surface area contributed by atoms with Crippen LogP contribution in [0.4, 0.5) is 5.69 Å². The molecule has 0 aliphatic carbocycles. The first-order valence-electron chi connectivity index (χ1n) is 12.5. The first-order valence-corrected chi connectivity index (χ1v) is 14.3. The van der Waals surface area contributed by atoms with Crippen molar-refractivity contribution in [1.29, 1.82) is 0 Å². The van der Waals surface area contributed by atoms with E-state index >= 15 is 0 Å². The van der Waals surface area contributed by atoms with E-state index in [2.05, 4.69) is 22.8 Å². The van der Waals surface area contributed by atoms with E-state index in [9.17, 15) is 9.59 Å². The van der Waals surface area contributed by atoms with Gasteiger partial charge in [-0.1, -0.05) is 42.5 Å². The lowest BCUT2D eigenvalue weighted by atomic mass is 9.83. The van der Waals surface area contributed by atoms with Crippen LogP contribution in [0, 0.1) is 5.92 Å². The fourth-order valence-electron chi connectivity index (χ4n) is 5.80. The lowest BCUT2D eigenvalue weighted by Gasteiger charge is -2.51. The second-order valence-corrected chi connectivity index (χ2v) is 11.8. The van der Waals surface area contributed by atoms with Gasteiger partial charge < -0.3 is 14.5 Å². The zero-order valence-corrected chi connectivity index (χ0v) is 21.6. The second kappa shape index (κ2) is 9.81. The Morgan fingerprint density at radius 1 is 0.972 bits per heavy atom. The van der Waals surface area contributed by atoms with Crippen molar-refractivity contribution < 1.29 is 18.8 Å². The van der Waals surface area contributed by atoms with Crippen LogP contribution in [0.2, 0.25) is 0 Å². The van der Waals surface area contributed by atoms with Crippen molar-refractivity contribution >= 4 is 50.2 Å². The van der Waals surface area contributed by atoms with Gasteiger partial charge in [0.2, 0.25) is 5.78 Å². The fraction of sp³-hybridized carbons (Fsp3) is 0.310. The third-order valence-electron chi connectivity index (χ3n) is 7.73. The Kier molecular flexibility index (Phi) is 6.37. The molecule has 3 aliphatic heterocycles. The monoisotopic (exact) mass is 517 g/mol. The van der Waals surface area contributed by atoms with Gasteiger partial charge >= 0.3 is 5.97 Å². The third kappa shape index (κ3) is 4.59. The summed E-state index contributed by atoms with van der Waals surface area (Å²) in [7, 11) is 0. The van der Waals surface area contributed by atoms with E-state index in [1.54, 1.807) is 11.3 Å². The van der Waals surface area contributed by atoms with Crippen LogP contribution in [0.3, 0.4) is 0 Å². The molecule has 2 unspecified atom stereocenters. The largest absolute Gasteiger partial charge is 0.454 e. The standard InChI is InChI=1S/C29H29N2O3S2/c32-24(27-11-6-16-35-27)17-31-14-12-20(13-15-31)25(18-31)34-29(33)28(30-21-7-2-1-3-8-21)23-19-36-26-10-5-4-9-22(23)26/h1-11,16,19-20,25,28,30H,12-15,17-18H2/q+1. The Labute approximate surface area is 218 Å². The molecule has 2 atom stereocenters. The van der Waals surface area contributed by atoms with Crippen LogP contribution in [-0.2, 0) is 9.53 Å². The molecule has 7 rings (SSSR count). The number of esters is 1. The molecule has 0 amide bonds. The average molecular weight is 518 g/mol. The summed E-state index contributed by atoms with van der Waals surface area (Å²) in [6, 6.07) is 21.3. The number of para-hydroxylation sites is 1. The maximum absolute atomic E-state index is 13.8. The zero-order valence-electron chi connectivity index (χ0n) is 20.0. The third-order valence-corrected chi connectivity index (χ3v) is 9.62. The molecule has 4 aromatic rings. The number of nitrogens with zero attached hydrogens (tertiary/aromatic N) is 1. The number of hydrogen-bond acceptors (Lipinski definition) is 6.